The lowest BCUT2D eigenvalue weighted by atomic mass is 9.85. The molecule has 0 amide bonds. The predicted octanol–water partition coefficient (Wildman–Crippen LogP) is 12.0. The average molecular weight is 560 g/mol. The monoisotopic (exact) mass is 559 g/mol. The fourth-order valence-corrected chi connectivity index (χ4v) is 7.44. The highest BCUT2D eigenvalue weighted by atomic mass is 16.3. The van der Waals surface area contributed by atoms with Crippen LogP contribution in [-0.2, 0) is 0 Å². The number of furan rings is 1. The molecule has 10 rings (SSSR count). The van der Waals surface area contributed by atoms with Gasteiger partial charge < -0.3 is 9.40 Å². The van der Waals surface area contributed by atoms with Gasteiger partial charge in [-0.05, 0) is 73.5 Å². The molecule has 10 aromatic rings. The Morgan fingerprint density at radius 2 is 0.909 bits per heavy atom. The molecule has 0 unspecified atom stereocenters. The lowest BCUT2D eigenvalue weighted by Crippen LogP contribution is -1.90. The second-order valence-corrected chi connectivity index (χ2v) is 11.7. The minimum absolute atomic E-state index is 0.916. The first-order valence-corrected chi connectivity index (χ1v) is 15.1. The third-order valence-electron chi connectivity index (χ3n) is 9.38. The van der Waals surface area contributed by atoms with Gasteiger partial charge in [-0.1, -0.05) is 121 Å². The highest BCUT2D eigenvalue weighted by molar-refractivity contribution is 6.23. The van der Waals surface area contributed by atoms with Gasteiger partial charge in [-0.3, -0.25) is 0 Å². The van der Waals surface area contributed by atoms with Gasteiger partial charge >= 0.3 is 0 Å². The fraction of sp³-hybridized carbons (Fsp3) is 0. The smallest absolute Gasteiger partial charge is 0.135 e. The number of hydrogen-bond donors (Lipinski definition) is 1. The topological polar surface area (TPSA) is 28.9 Å². The predicted molar refractivity (Wildman–Crippen MR) is 186 cm³/mol. The maximum absolute atomic E-state index is 6.17. The largest absolute Gasteiger partial charge is 0.456 e. The normalized spacial score (nSPS) is 12.1. The summed E-state index contributed by atoms with van der Waals surface area (Å²) in [7, 11) is 0. The molecule has 0 atom stereocenters. The molecule has 44 heavy (non-hydrogen) atoms. The molecule has 1 N–H and O–H groups in total. The van der Waals surface area contributed by atoms with Crippen LogP contribution in [0.25, 0.3) is 98.3 Å². The molecule has 0 aliphatic heterocycles. The van der Waals surface area contributed by atoms with Gasteiger partial charge in [-0.25, -0.2) is 0 Å². The Morgan fingerprint density at radius 1 is 0.364 bits per heavy atom. The number of para-hydroxylation sites is 1. The van der Waals surface area contributed by atoms with E-state index in [1.807, 2.05) is 12.1 Å². The third kappa shape index (κ3) is 3.25. The summed E-state index contributed by atoms with van der Waals surface area (Å²) >= 11 is 0. The number of H-pyrrole nitrogens is 1. The van der Waals surface area contributed by atoms with Crippen molar-refractivity contribution in [1.82, 2.24) is 4.98 Å². The first kappa shape index (κ1) is 23.7. The molecule has 0 saturated heterocycles. The molecule has 0 spiro atoms. The molecule has 0 fully saturated rings. The van der Waals surface area contributed by atoms with E-state index in [-0.39, 0.29) is 0 Å². The zero-order chi connectivity index (χ0) is 28.8. The van der Waals surface area contributed by atoms with Crippen molar-refractivity contribution in [2.45, 2.75) is 0 Å². The van der Waals surface area contributed by atoms with Crippen LogP contribution in [0.3, 0.4) is 0 Å². The van der Waals surface area contributed by atoms with Gasteiger partial charge in [-0.2, -0.15) is 0 Å². The number of fused-ring (bicyclic) bond motifs is 10. The van der Waals surface area contributed by atoms with Crippen molar-refractivity contribution in [3.63, 3.8) is 0 Å². The Morgan fingerprint density at radius 3 is 1.64 bits per heavy atom. The van der Waals surface area contributed by atoms with Gasteiger partial charge in [0.05, 0.1) is 5.52 Å². The van der Waals surface area contributed by atoms with Crippen molar-refractivity contribution in [2.24, 2.45) is 0 Å². The number of nitrogens with one attached hydrogen (secondary N) is 1. The molecule has 204 valence electrons. The van der Waals surface area contributed by atoms with Crippen molar-refractivity contribution >= 4 is 76.1 Å². The van der Waals surface area contributed by atoms with Crippen LogP contribution in [-0.4, -0.2) is 4.98 Å². The number of aromatic nitrogens is 1. The first-order chi connectivity index (χ1) is 21.8. The Kier molecular flexibility index (Phi) is 4.75. The van der Waals surface area contributed by atoms with Gasteiger partial charge in [0.25, 0.3) is 0 Å². The minimum Gasteiger partial charge on any atom is -0.456 e. The minimum atomic E-state index is 0.916. The van der Waals surface area contributed by atoms with Crippen LogP contribution in [0, 0.1) is 0 Å². The van der Waals surface area contributed by atoms with Gasteiger partial charge in [0, 0.05) is 32.4 Å². The Labute approximate surface area is 252 Å². The van der Waals surface area contributed by atoms with E-state index in [2.05, 4.69) is 138 Å². The summed E-state index contributed by atoms with van der Waals surface area (Å²) in [5.74, 6) is 0. The molecule has 0 aliphatic rings. The van der Waals surface area contributed by atoms with Crippen molar-refractivity contribution in [3.8, 4) is 22.3 Å². The second-order valence-electron chi connectivity index (χ2n) is 11.7. The van der Waals surface area contributed by atoms with E-state index in [0.717, 1.165) is 27.5 Å². The number of hydrogen-bond acceptors (Lipinski definition) is 1. The van der Waals surface area contributed by atoms with E-state index >= 15 is 0 Å². The highest BCUT2D eigenvalue weighted by Crippen LogP contribution is 2.45. The zero-order valence-electron chi connectivity index (χ0n) is 23.8. The number of benzene rings is 8. The molecular weight excluding hydrogens is 534 g/mol. The summed E-state index contributed by atoms with van der Waals surface area (Å²) < 4.78 is 6.17. The van der Waals surface area contributed by atoms with Gasteiger partial charge in [0.2, 0.25) is 0 Å². The van der Waals surface area contributed by atoms with Crippen LogP contribution < -0.4 is 0 Å². The van der Waals surface area contributed by atoms with E-state index < -0.39 is 0 Å². The molecule has 0 saturated carbocycles. The molecule has 0 aliphatic carbocycles. The molecular formula is C42H25NO. The van der Waals surface area contributed by atoms with Crippen LogP contribution in [0.15, 0.2) is 150 Å². The van der Waals surface area contributed by atoms with Gasteiger partial charge in [-0.15, -0.1) is 0 Å². The molecule has 2 aromatic heterocycles. The average Bonchev–Trinajstić information content (AvgIpc) is 3.65. The van der Waals surface area contributed by atoms with E-state index in [0.29, 0.717) is 0 Å². The quantitative estimate of drug-likeness (QED) is 0.210. The van der Waals surface area contributed by atoms with Crippen molar-refractivity contribution in [3.05, 3.63) is 146 Å². The van der Waals surface area contributed by atoms with Crippen LogP contribution in [0.4, 0.5) is 0 Å². The maximum atomic E-state index is 6.17. The van der Waals surface area contributed by atoms with Crippen LogP contribution in [0.2, 0.25) is 0 Å². The Balaban J connectivity index is 1.26. The Bertz CT molecular complexity index is 2720. The van der Waals surface area contributed by atoms with Crippen molar-refractivity contribution in [2.75, 3.05) is 0 Å². The molecule has 2 heteroatoms. The van der Waals surface area contributed by atoms with Gasteiger partial charge in [0.15, 0.2) is 0 Å². The molecule has 0 radical (unpaired) electrons. The molecule has 2 nitrogen and oxygen atoms in total. The Hall–Kier alpha value is -5.86. The molecule has 0 bridgehead atoms. The maximum Gasteiger partial charge on any atom is 0.135 e. The summed E-state index contributed by atoms with van der Waals surface area (Å²) in [6, 6.07) is 52.6. The summed E-state index contributed by atoms with van der Waals surface area (Å²) in [6.07, 6.45) is 0. The van der Waals surface area contributed by atoms with Crippen LogP contribution in [0.5, 0.6) is 0 Å². The number of aromatic amines is 1. The van der Waals surface area contributed by atoms with Crippen molar-refractivity contribution in [1.29, 1.82) is 0 Å². The van der Waals surface area contributed by atoms with Crippen LogP contribution in [0.1, 0.15) is 0 Å². The summed E-state index contributed by atoms with van der Waals surface area (Å²) in [6.45, 7) is 0. The molecule has 2 heterocycles. The number of rotatable bonds is 2. The van der Waals surface area contributed by atoms with E-state index in [1.54, 1.807) is 0 Å². The van der Waals surface area contributed by atoms with Gasteiger partial charge in [0.1, 0.15) is 11.2 Å². The lowest BCUT2D eigenvalue weighted by molar-refractivity contribution is 0.669. The summed E-state index contributed by atoms with van der Waals surface area (Å²) in [4.78, 5) is 3.78. The van der Waals surface area contributed by atoms with E-state index in [9.17, 15) is 0 Å². The standard InChI is InChI=1S/C42H25NO/c1-2-10-28-25(9-1)17-21-35-29-20-18-27(24-37(29)43-42(28)35)41-33-14-5-3-12-31(33)40(32-13-4-6-15-34(32)41)26-19-22-39-36(23-26)30-11-7-8-16-38(30)44-39/h1-24,43H. The molecule has 8 aromatic carbocycles. The van der Waals surface area contributed by atoms with Crippen LogP contribution >= 0.6 is 0 Å². The van der Waals surface area contributed by atoms with E-state index in [4.69, 9.17) is 4.42 Å². The first-order valence-electron chi connectivity index (χ1n) is 15.1. The summed E-state index contributed by atoms with van der Waals surface area (Å²) in [5, 5.41) is 12.3. The highest BCUT2D eigenvalue weighted by Gasteiger charge is 2.18. The summed E-state index contributed by atoms with van der Waals surface area (Å²) in [5.41, 5.74) is 9.12. The third-order valence-corrected chi connectivity index (χ3v) is 9.38. The van der Waals surface area contributed by atoms with Crippen molar-refractivity contribution < 1.29 is 4.42 Å². The SMILES string of the molecule is c1ccc2c(c1)ccc1c3ccc(-c4c5ccccc5c(-c5ccc6oc7ccccc7c6c5)c5ccccc45)cc3[nH]c21. The fourth-order valence-electron chi connectivity index (χ4n) is 7.44. The zero-order valence-corrected chi connectivity index (χ0v) is 23.8. The van der Waals surface area contributed by atoms with E-state index in [1.165, 1.54) is 70.9 Å². The second kappa shape index (κ2) is 8.82. The lowest BCUT2D eigenvalue weighted by Gasteiger charge is -2.18.